The van der Waals surface area contributed by atoms with E-state index in [1.54, 1.807) is 12.1 Å². The Balaban J connectivity index is 2.14. The van der Waals surface area contributed by atoms with Crippen molar-refractivity contribution in [2.75, 3.05) is 25.2 Å². The summed E-state index contributed by atoms with van der Waals surface area (Å²) in [4.78, 5) is 12.4. The molecule has 134 valence electrons. The van der Waals surface area contributed by atoms with E-state index in [0.29, 0.717) is 11.4 Å². The van der Waals surface area contributed by atoms with Crippen LogP contribution in [0.4, 0.5) is 5.69 Å². The molecular formula is C18H22N2O4S. The van der Waals surface area contributed by atoms with E-state index in [-0.39, 0.29) is 13.1 Å². The minimum Gasteiger partial charge on any atom is -0.495 e. The van der Waals surface area contributed by atoms with Gasteiger partial charge in [-0.25, -0.2) is 8.42 Å². The lowest BCUT2D eigenvalue weighted by molar-refractivity contribution is -0.116. The van der Waals surface area contributed by atoms with Crippen molar-refractivity contribution in [3.8, 4) is 5.75 Å². The molecule has 0 unspecified atom stereocenters. The first-order chi connectivity index (χ1) is 11.8. The molecular weight excluding hydrogens is 340 g/mol. The van der Waals surface area contributed by atoms with Crippen molar-refractivity contribution in [2.45, 2.75) is 13.5 Å². The topological polar surface area (TPSA) is 75.7 Å². The third-order valence-corrected chi connectivity index (χ3v) is 4.82. The van der Waals surface area contributed by atoms with E-state index in [2.05, 4.69) is 5.32 Å². The van der Waals surface area contributed by atoms with Gasteiger partial charge in [0.1, 0.15) is 5.75 Å². The molecule has 0 bridgehead atoms. The van der Waals surface area contributed by atoms with Crippen LogP contribution < -0.4 is 10.1 Å². The van der Waals surface area contributed by atoms with Gasteiger partial charge in [0.05, 0.1) is 25.6 Å². The van der Waals surface area contributed by atoms with Gasteiger partial charge in [-0.3, -0.25) is 4.79 Å². The summed E-state index contributed by atoms with van der Waals surface area (Å²) in [5.74, 6) is 0.0955. The molecule has 1 N–H and O–H groups in total. The largest absolute Gasteiger partial charge is 0.495 e. The number of nitrogens with one attached hydrogen (secondary N) is 1. The maximum absolute atomic E-state index is 12.4. The van der Waals surface area contributed by atoms with E-state index in [4.69, 9.17) is 4.74 Å². The smallest absolute Gasteiger partial charge is 0.239 e. The van der Waals surface area contributed by atoms with Crippen LogP contribution in [0.2, 0.25) is 0 Å². The Bertz CT molecular complexity index is 835. The fraction of sp³-hybridized carbons (Fsp3) is 0.278. The summed E-state index contributed by atoms with van der Waals surface area (Å²) in [6.45, 7) is 1.76. The highest BCUT2D eigenvalue weighted by Crippen LogP contribution is 2.25. The van der Waals surface area contributed by atoms with Crippen molar-refractivity contribution >= 4 is 21.6 Å². The summed E-state index contributed by atoms with van der Waals surface area (Å²) in [6.07, 6.45) is 1.09. The van der Waals surface area contributed by atoms with Crippen LogP contribution in [0.15, 0.2) is 48.5 Å². The Kier molecular flexibility index (Phi) is 6.17. The summed E-state index contributed by atoms with van der Waals surface area (Å²) < 4.78 is 30.4. The average molecular weight is 362 g/mol. The zero-order chi connectivity index (χ0) is 18.4. The van der Waals surface area contributed by atoms with Crippen molar-refractivity contribution in [3.63, 3.8) is 0 Å². The number of ether oxygens (including phenoxy) is 1. The lowest BCUT2D eigenvalue weighted by atomic mass is 10.2. The first-order valence-corrected chi connectivity index (χ1v) is 9.58. The zero-order valence-corrected chi connectivity index (χ0v) is 15.3. The number of anilines is 1. The molecule has 0 saturated heterocycles. The maximum atomic E-state index is 12.4. The first-order valence-electron chi connectivity index (χ1n) is 7.73. The zero-order valence-electron chi connectivity index (χ0n) is 14.5. The molecule has 2 aromatic carbocycles. The van der Waals surface area contributed by atoms with Crippen molar-refractivity contribution in [3.05, 3.63) is 59.7 Å². The molecule has 1 amide bonds. The molecule has 0 aliphatic heterocycles. The standard InChI is InChI=1S/C18H22N2O4S/c1-14-9-10-17(24-2)16(11-14)19-18(21)13-20(25(3,22)23)12-15-7-5-4-6-8-15/h4-11H,12-13H2,1-3H3,(H,19,21). The third-order valence-electron chi connectivity index (χ3n) is 3.62. The van der Waals surface area contributed by atoms with Crippen LogP contribution in [0.25, 0.3) is 0 Å². The van der Waals surface area contributed by atoms with E-state index in [1.165, 1.54) is 7.11 Å². The Morgan fingerprint density at radius 2 is 1.84 bits per heavy atom. The lowest BCUT2D eigenvalue weighted by Crippen LogP contribution is -2.36. The summed E-state index contributed by atoms with van der Waals surface area (Å²) in [5, 5.41) is 2.72. The molecule has 2 aromatic rings. The molecule has 0 fully saturated rings. The van der Waals surface area contributed by atoms with Gasteiger partial charge in [-0.15, -0.1) is 0 Å². The predicted molar refractivity (Wildman–Crippen MR) is 98.1 cm³/mol. The number of methoxy groups -OCH3 is 1. The van der Waals surface area contributed by atoms with Crippen LogP contribution in [0.1, 0.15) is 11.1 Å². The lowest BCUT2D eigenvalue weighted by Gasteiger charge is -2.20. The Labute approximate surface area is 148 Å². The Hall–Kier alpha value is -2.38. The van der Waals surface area contributed by atoms with Crippen molar-refractivity contribution in [1.82, 2.24) is 4.31 Å². The third kappa shape index (κ3) is 5.58. The molecule has 0 aliphatic rings. The van der Waals surface area contributed by atoms with Gasteiger partial charge in [0.25, 0.3) is 0 Å². The minimum atomic E-state index is -3.53. The number of carbonyl (C=O) groups excluding carboxylic acids is 1. The number of hydrogen-bond acceptors (Lipinski definition) is 4. The van der Waals surface area contributed by atoms with Gasteiger partial charge in [0.2, 0.25) is 15.9 Å². The molecule has 6 nitrogen and oxygen atoms in total. The quantitative estimate of drug-likeness (QED) is 0.821. The monoisotopic (exact) mass is 362 g/mol. The van der Waals surface area contributed by atoms with Crippen LogP contribution in [-0.4, -0.2) is 38.5 Å². The molecule has 2 rings (SSSR count). The highest BCUT2D eigenvalue weighted by Gasteiger charge is 2.21. The molecule has 0 spiro atoms. The number of aryl methyl sites for hydroxylation is 1. The number of amides is 1. The van der Waals surface area contributed by atoms with Gasteiger partial charge in [-0.1, -0.05) is 36.4 Å². The van der Waals surface area contributed by atoms with E-state index in [9.17, 15) is 13.2 Å². The normalized spacial score (nSPS) is 11.4. The van der Waals surface area contributed by atoms with E-state index < -0.39 is 15.9 Å². The SMILES string of the molecule is COc1ccc(C)cc1NC(=O)CN(Cc1ccccc1)S(C)(=O)=O. The van der Waals surface area contributed by atoms with Crippen molar-refractivity contribution < 1.29 is 17.9 Å². The van der Waals surface area contributed by atoms with Crippen LogP contribution in [0.3, 0.4) is 0 Å². The summed E-state index contributed by atoms with van der Waals surface area (Å²) >= 11 is 0. The average Bonchev–Trinajstić information content (AvgIpc) is 2.54. The van der Waals surface area contributed by atoms with Crippen LogP contribution >= 0.6 is 0 Å². The summed E-state index contributed by atoms with van der Waals surface area (Å²) in [5.41, 5.74) is 2.29. The van der Waals surface area contributed by atoms with Crippen LogP contribution in [-0.2, 0) is 21.4 Å². The summed E-state index contributed by atoms with van der Waals surface area (Å²) in [6, 6.07) is 14.5. The number of rotatable bonds is 7. The second kappa shape index (κ2) is 8.13. The van der Waals surface area contributed by atoms with Gasteiger partial charge < -0.3 is 10.1 Å². The predicted octanol–water partition coefficient (Wildman–Crippen LogP) is 2.40. The highest BCUT2D eigenvalue weighted by molar-refractivity contribution is 7.88. The highest BCUT2D eigenvalue weighted by atomic mass is 32.2. The number of hydrogen-bond donors (Lipinski definition) is 1. The first kappa shape index (κ1) is 19.0. The molecule has 25 heavy (non-hydrogen) atoms. The fourth-order valence-electron chi connectivity index (χ4n) is 2.35. The number of benzene rings is 2. The number of nitrogens with zero attached hydrogens (tertiary/aromatic N) is 1. The molecule has 0 saturated carbocycles. The molecule has 0 radical (unpaired) electrons. The van der Waals surface area contributed by atoms with E-state index in [0.717, 1.165) is 21.7 Å². The van der Waals surface area contributed by atoms with Crippen molar-refractivity contribution in [1.29, 1.82) is 0 Å². The van der Waals surface area contributed by atoms with Gasteiger partial charge in [-0.2, -0.15) is 4.31 Å². The number of carbonyl (C=O) groups is 1. The molecule has 0 atom stereocenters. The van der Waals surface area contributed by atoms with Gasteiger partial charge in [0, 0.05) is 6.54 Å². The van der Waals surface area contributed by atoms with E-state index in [1.807, 2.05) is 43.3 Å². The van der Waals surface area contributed by atoms with Gasteiger partial charge in [0.15, 0.2) is 0 Å². The van der Waals surface area contributed by atoms with Gasteiger partial charge in [-0.05, 0) is 30.2 Å². The molecule has 0 aromatic heterocycles. The second-order valence-electron chi connectivity index (χ2n) is 5.77. The second-order valence-corrected chi connectivity index (χ2v) is 7.75. The number of sulfonamides is 1. The van der Waals surface area contributed by atoms with Gasteiger partial charge >= 0.3 is 0 Å². The molecule has 0 heterocycles. The van der Waals surface area contributed by atoms with Crippen LogP contribution in [0.5, 0.6) is 5.75 Å². The van der Waals surface area contributed by atoms with E-state index >= 15 is 0 Å². The fourth-order valence-corrected chi connectivity index (χ4v) is 3.08. The minimum absolute atomic E-state index is 0.137. The molecule has 7 heteroatoms. The van der Waals surface area contributed by atoms with Crippen molar-refractivity contribution in [2.24, 2.45) is 0 Å². The summed E-state index contributed by atoms with van der Waals surface area (Å²) in [7, 11) is -2.02. The van der Waals surface area contributed by atoms with Crippen LogP contribution in [0, 0.1) is 6.92 Å². The Morgan fingerprint density at radius 1 is 1.16 bits per heavy atom. The Morgan fingerprint density at radius 3 is 2.44 bits per heavy atom. The molecule has 0 aliphatic carbocycles. The maximum Gasteiger partial charge on any atom is 0.239 e.